The Morgan fingerprint density at radius 3 is 2.20 bits per heavy atom. The highest BCUT2D eigenvalue weighted by molar-refractivity contribution is 6.69. The number of benzene rings is 1. The van der Waals surface area contributed by atoms with Crippen LogP contribution in [0.5, 0.6) is 0 Å². The molecule has 4 nitrogen and oxygen atoms in total. The smallest absolute Gasteiger partial charge is 0.190 e. The van der Waals surface area contributed by atoms with E-state index in [4.69, 9.17) is 18.6 Å². The summed E-state index contributed by atoms with van der Waals surface area (Å²) in [4.78, 5) is 0. The molecule has 110 valence electrons. The van der Waals surface area contributed by atoms with E-state index >= 15 is 0 Å². The fourth-order valence-corrected chi connectivity index (χ4v) is 4.27. The maximum Gasteiger partial charge on any atom is 0.190 e. The second-order valence-corrected chi connectivity index (χ2v) is 10.8. The summed E-state index contributed by atoms with van der Waals surface area (Å²) in [5.41, 5.74) is 0.624. The molecule has 0 aromatic heterocycles. The van der Waals surface area contributed by atoms with Gasteiger partial charge in [0.1, 0.15) is 6.10 Å². The summed E-state index contributed by atoms with van der Waals surface area (Å²) in [6, 6.07) is 10.2. The Kier molecular flexibility index (Phi) is 3.72. The van der Waals surface area contributed by atoms with Crippen molar-refractivity contribution in [2.45, 2.75) is 37.6 Å². The SMILES string of the molecule is C[Si](C)(C)O[C@@]1(C2OCCO2)CO[C@H]1c1ccccc1. The zero-order valence-corrected chi connectivity index (χ0v) is 13.3. The van der Waals surface area contributed by atoms with Crippen molar-refractivity contribution < 1.29 is 18.6 Å². The van der Waals surface area contributed by atoms with Gasteiger partial charge in [0.2, 0.25) is 0 Å². The molecular weight excluding hydrogens is 272 g/mol. The number of rotatable bonds is 4. The van der Waals surface area contributed by atoms with Gasteiger partial charge in [-0.05, 0) is 25.2 Å². The van der Waals surface area contributed by atoms with Gasteiger partial charge in [0.15, 0.2) is 20.2 Å². The van der Waals surface area contributed by atoms with E-state index in [1.165, 1.54) is 0 Å². The lowest BCUT2D eigenvalue weighted by molar-refractivity contribution is -0.311. The minimum Gasteiger partial charge on any atom is -0.403 e. The quantitative estimate of drug-likeness (QED) is 0.800. The average molecular weight is 294 g/mol. The van der Waals surface area contributed by atoms with E-state index < -0.39 is 13.9 Å². The number of hydrogen-bond donors (Lipinski definition) is 0. The van der Waals surface area contributed by atoms with Crippen LogP contribution < -0.4 is 0 Å². The topological polar surface area (TPSA) is 36.9 Å². The first kappa shape index (κ1) is 14.2. The normalized spacial score (nSPS) is 31.2. The van der Waals surface area contributed by atoms with Gasteiger partial charge in [-0.3, -0.25) is 0 Å². The van der Waals surface area contributed by atoms with Crippen LogP contribution in [-0.4, -0.2) is 40.0 Å². The summed E-state index contributed by atoms with van der Waals surface area (Å²) in [5.74, 6) is 0. The average Bonchev–Trinajstić information content (AvgIpc) is 2.89. The molecule has 0 spiro atoms. The standard InChI is InChI=1S/C15H22O4Si/c1-20(2,3)19-15(14-16-9-10-17-14)11-18-13(15)12-7-5-4-6-8-12/h4-8,13-14H,9-11H2,1-3H3/t13-,15-/m0/s1. The summed E-state index contributed by atoms with van der Waals surface area (Å²) in [6.45, 7) is 8.34. The lowest BCUT2D eigenvalue weighted by atomic mass is 9.86. The maximum atomic E-state index is 6.48. The van der Waals surface area contributed by atoms with Crippen LogP contribution in [0.15, 0.2) is 30.3 Å². The van der Waals surface area contributed by atoms with Crippen molar-refractivity contribution in [2.75, 3.05) is 19.8 Å². The van der Waals surface area contributed by atoms with Crippen LogP contribution in [0.3, 0.4) is 0 Å². The van der Waals surface area contributed by atoms with Gasteiger partial charge >= 0.3 is 0 Å². The van der Waals surface area contributed by atoms with E-state index in [2.05, 4.69) is 31.8 Å². The molecule has 3 rings (SSSR count). The van der Waals surface area contributed by atoms with Crippen LogP contribution >= 0.6 is 0 Å². The molecule has 0 N–H and O–H groups in total. The van der Waals surface area contributed by atoms with Crippen molar-refractivity contribution in [2.24, 2.45) is 0 Å². The van der Waals surface area contributed by atoms with E-state index in [1.54, 1.807) is 0 Å². The summed E-state index contributed by atoms with van der Waals surface area (Å²) in [6.07, 6.45) is -0.438. The first-order valence-electron chi connectivity index (χ1n) is 7.11. The summed E-state index contributed by atoms with van der Waals surface area (Å²) in [5, 5.41) is 0. The van der Waals surface area contributed by atoms with Gasteiger partial charge in [0, 0.05) is 0 Å². The maximum absolute atomic E-state index is 6.48. The molecule has 0 radical (unpaired) electrons. The highest BCUT2D eigenvalue weighted by Gasteiger charge is 2.59. The monoisotopic (exact) mass is 294 g/mol. The van der Waals surface area contributed by atoms with E-state index in [1.807, 2.05) is 18.2 Å². The Hall–Kier alpha value is -0.723. The van der Waals surface area contributed by atoms with Gasteiger partial charge in [0.05, 0.1) is 19.8 Å². The second-order valence-electron chi connectivity index (χ2n) is 6.34. The number of hydrogen-bond acceptors (Lipinski definition) is 4. The molecule has 0 unspecified atom stereocenters. The van der Waals surface area contributed by atoms with E-state index in [9.17, 15) is 0 Å². The first-order chi connectivity index (χ1) is 9.51. The largest absolute Gasteiger partial charge is 0.403 e. The molecule has 2 heterocycles. The fraction of sp³-hybridized carbons (Fsp3) is 0.600. The molecule has 5 heteroatoms. The van der Waals surface area contributed by atoms with Crippen molar-refractivity contribution >= 4 is 8.32 Å². The summed E-state index contributed by atoms with van der Waals surface area (Å²) >= 11 is 0. The molecule has 2 saturated heterocycles. The zero-order chi connectivity index (χ0) is 14.2. The van der Waals surface area contributed by atoms with Crippen LogP contribution in [0.25, 0.3) is 0 Å². The third kappa shape index (κ3) is 2.56. The Morgan fingerprint density at radius 1 is 1.05 bits per heavy atom. The molecule has 2 fully saturated rings. The molecule has 2 aliphatic heterocycles. The molecular formula is C15H22O4Si. The van der Waals surface area contributed by atoms with Crippen molar-refractivity contribution in [3.63, 3.8) is 0 Å². The highest BCUT2D eigenvalue weighted by Crippen LogP contribution is 2.47. The van der Waals surface area contributed by atoms with Crippen LogP contribution in [0, 0.1) is 0 Å². The fourth-order valence-electron chi connectivity index (χ4n) is 2.87. The van der Waals surface area contributed by atoms with Gasteiger partial charge in [0.25, 0.3) is 0 Å². The minimum absolute atomic E-state index is 0.112. The van der Waals surface area contributed by atoms with Crippen LogP contribution in [0.4, 0.5) is 0 Å². The number of ether oxygens (including phenoxy) is 3. The van der Waals surface area contributed by atoms with Gasteiger partial charge in [-0.1, -0.05) is 30.3 Å². The lowest BCUT2D eigenvalue weighted by Crippen LogP contribution is -2.65. The molecule has 2 aliphatic rings. The van der Waals surface area contributed by atoms with E-state index in [-0.39, 0.29) is 12.4 Å². The van der Waals surface area contributed by atoms with Crippen LogP contribution in [-0.2, 0) is 18.6 Å². The lowest BCUT2D eigenvalue weighted by Gasteiger charge is -2.53. The third-order valence-corrected chi connectivity index (χ3v) is 4.53. The molecule has 20 heavy (non-hydrogen) atoms. The van der Waals surface area contributed by atoms with Crippen molar-refractivity contribution in [1.82, 2.24) is 0 Å². The molecule has 0 saturated carbocycles. The first-order valence-corrected chi connectivity index (χ1v) is 10.5. The summed E-state index contributed by atoms with van der Waals surface area (Å²) in [7, 11) is -1.74. The Balaban J connectivity index is 1.90. The predicted molar refractivity (Wildman–Crippen MR) is 78.0 cm³/mol. The Labute approximate surface area is 121 Å². The van der Waals surface area contributed by atoms with E-state index in [0.717, 1.165) is 5.56 Å². The van der Waals surface area contributed by atoms with Crippen LogP contribution in [0.2, 0.25) is 19.6 Å². The van der Waals surface area contributed by atoms with E-state index in [0.29, 0.717) is 19.8 Å². The second kappa shape index (κ2) is 5.24. The molecule has 1 aromatic rings. The Bertz CT molecular complexity index is 453. The third-order valence-electron chi connectivity index (χ3n) is 3.54. The molecule has 2 atom stereocenters. The van der Waals surface area contributed by atoms with Gasteiger partial charge in [-0.15, -0.1) is 0 Å². The molecule has 1 aromatic carbocycles. The highest BCUT2D eigenvalue weighted by atomic mass is 28.4. The van der Waals surface area contributed by atoms with Crippen molar-refractivity contribution in [3.05, 3.63) is 35.9 Å². The van der Waals surface area contributed by atoms with Gasteiger partial charge in [-0.25, -0.2) is 0 Å². The molecule has 0 bridgehead atoms. The summed E-state index contributed by atoms with van der Waals surface area (Å²) < 4.78 is 23.8. The molecule has 0 amide bonds. The minimum atomic E-state index is -1.74. The van der Waals surface area contributed by atoms with Gasteiger partial charge < -0.3 is 18.6 Å². The molecule has 0 aliphatic carbocycles. The van der Waals surface area contributed by atoms with Crippen LogP contribution in [0.1, 0.15) is 11.7 Å². The predicted octanol–water partition coefficient (Wildman–Crippen LogP) is 2.72. The van der Waals surface area contributed by atoms with Crippen molar-refractivity contribution in [3.8, 4) is 0 Å². The van der Waals surface area contributed by atoms with Gasteiger partial charge in [-0.2, -0.15) is 0 Å². The Morgan fingerprint density at radius 2 is 1.70 bits per heavy atom. The van der Waals surface area contributed by atoms with Crippen molar-refractivity contribution in [1.29, 1.82) is 0 Å². The zero-order valence-electron chi connectivity index (χ0n) is 12.3.